The van der Waals surface area contributed by atoms with Crippen molar-refractivity contribution in [2.24, 2.45) is 0 Å². The third-order valence-electron chi connectivity index (χ3n) is 2.18. The molecule has 0 saturated heterocycles. The number of carbonyl (C=O) groups excluding carboxylic acids is 1. The second kappa shape index (κ2) is 5.75. The van der Waals surface area contributed by atoms with Gasteiger partial charge in [-0.25, -0.2) is 4.79 Å². The Labute approximate surface area is 100 Å². The summed E-state index contributed by atoms with van der Waals surface area (Å²) in [7, 11) is 0.393. The second-order valence-corrected chi connectivity index (χ2v) is 5.11. The van der Waals surface area contributed by atoms with Gasteiger partial charge in [-0.2, -0.15) is 0 Å². The van der Waals surface area contributed by atoms with Crippen molar-refractivity contribution >= 4 is 13.3 Å². The summed E-state index contributed by atoms with van der Waals surface area (Å²) in [4.78, 5) is 11.9. The van der Waals surface area contributed by atoms with Crippen LogP contribution in [0.25, 0.3) is 0 Å². The molecule has 5 nitrogen and oxygen atoms in total. The molecule has 1 N–H and O–H groups in total. The third-order valence-corrected chi connectivity index (χ3v) is 3.48. The maximum atomic E-state index is 11.9. The van der Waals surface area contributed by atoms with Gasteiger partial charge in [0.2, 0.25) is 0 Å². The molecule has 0 radical (unpaired) electrons. The largest absolute Gasteiger partial charge is 0.496 e. The van der Waals surface area contributed by atoms with E-state index < -0.39 is 19.2 Å². The van der Waals surface area contributed by atoms with Crippen LogP contribution in [0.5, 0.6) is 11.5 Å². The van der Waals surface area contributed by atoms with Crippen LogP contribution in [0.4, 0.5) is 0 Å². The van der Waals surface area contributed by atoms with Crippen LogP contribution >= 0.6 is 7.80 Å². The van der Waals surface area contributed by atoms with Crippen LogP contribution in [0.3, 0.4) is 0 Å². The van der Waals surface area contributed by atoms with Gasteiger partial charge in [-0.15, -0.1) is 0 Å². The number of aliphatic hydroxyl groups is 1. The lowest BCUT2D eigenvalue weighted by Crippen LogP contribution is -2.06. The summed E-state index contributed by atoms with van der Waals surface area (Å²) < 4.78 is 21.7. The Hall–Kier alpha value is -1.45. The molecule has 17 heavy (non-hydrogen) atoms. The fourth-order valence-corrected chi connectivity index (χ4v) is 2.12. The first-order valence-corrected chi connectivity index (χ1v) is 6.25. The molecule has 2 atom stereocenters. The Morgan fingerprint density at radius 2 is 1.76 bits per heavy atom. The quantitative estimate of drug-likeness (QED) is 0.817. The van der Waals surface area contributed by atoms with Crippen molar-refractivity contribution in [1.82, 2.24) is 0 Å². The molecule has 0 aliphatic heterocycles. The van der Waals surface area contributed by atoms with Crippen LogP contribution < -0.4 is 9.47 Å². The minimum atomic E-state index is -2.41. The summed E-state index contributed by atoms with van der Waals surface area (Å²) in [6.45, 7) is 1.30. The lowest BCUT2D eigenvalue weighted by molar-refractivity contribution is 0.106. The fraction of sp³-hybridized carbons (Fsp3) is 0.364. The van der Waals surface area contributed by atoms with Gasteiger partial charge in [0.05, 0.1) is 14.2 Å². The summed E-state index contributed by atoms with van der Waals surface area (Å²) in [6.07, 6.45) is 0. The highest BCUT2D eigenvalue weighted by atomic mass is 31.1. The first-order chi connectivity index (χ1) is 8.02. The molecule has 0 aliphatic rings. The minimum Gasteiger partial charge on any atom is -0.496 e. The van der Waals surface area contributed by atoms with Gasteiger partial charge in [0, 0.05) is 6.92 Å². The molecule has 0 spiro atoms. The predicted octanol–water partition coefficient (Wildman–Crippen LogP) is 2.01. The lowest BCUT2D eigenvalue weighted by Gasteiger charge is -2.08. The highest BCUT2D eigenvalue weighted by Crippen LogP contribution is 2.39. The monoisotopic (exact) mass is 257 g/mol. The van der Waals surface area contributed by atoms with E-state index in [-0.39, 0.29) is 17.1 Å². The van der Waals surface area contributed by atoms with E-state index in [0.29, 0.717) is 0 Å². The van der Waals surface area contributed by atoms with Gasteiger partial charge < -0.3 is 14.6 Å². The van der Waals surface area contributed by atoms with Crippen molar-refractivity contribution in [2.75, 3.05) is 14.2 Å². The summed E-state index contributed by atoms with van der Waals surface area (Å²) >= 11 is 0. The normalized spacial score (nSPS) is 12.8. The molecule has 0 aromatic heterocycles. The molecular weight excluding hydrogens is 243 g/mol. The van der Waals surface area contributed by atoms with E-state index >= 15 is 0 Å². The van der Waals surface area contributed by atoms with E-state index in [1.165, 1.54) is 21.1 Å². The van der Waals surface area contributed by atoms with Crippen molar-refractivity contribution in [3.05, 3.63) is 23.8 Å². The molecule has 0 heterocycles. The molecule has 0 amide bonds. The zero-order chi connectivity index (χ0) is 13.0. The Balaban J connectivity index is 3.28. The van der Waals surface area contributed by atoms with Crippen LogP contribution in [0, 0.1) is 0 Å². The molecule has 6 heteroatoms. The van der Waals surface area contributed by atoms with Gasteiger partial charge in [0.25, 0.3) is 5.85 Å². The van der Waals surface area contributed by atoms with Gasteiger partial charge in [-0.3, -0.25) is 0 Å². The zero-order valence-electron chi connectivity index (χ0n) is 9.84. The van der Waals surface area contributed by atoms with E-state index in [9.17, 15) is 14.5 Å². The van der Waals surface area contributed by atoms with Crippen LogP contribution in [0.2, 0.25) is 0 Å². The average Bonchev–Trinajstić information content (AvgIpc) is 2.35. The van der Waals surface area contributed by atoms with Gasteiger partial charge in [-0.1, -0.05) is 10.6 Å². The van der Waals surface area contributed by atoms with Crippen molar-refractivity contribution in [2.45, 2.75) is 12.8 Å². The SMILES string of the molecule is COc1cccc(OC)c1C(=O)[P+](=O)C(C)O. The lowest BCUT2D eigenvalue weighted by atomic mass is 10.2. The Morgan fingerprint density at radius 3 is 2.12 bits per heavy atom. The summed E-state index contributed by atoms with van der Waals surface area (Å²) in [6, 6.07) is 4.80. The number of ether oxygens (including phenoxy) is 2. The molecule has 92 valence electrons. The van der Waals surface area contributed by atoms with E-state index in [2.05, 4.69) is 0 Å². The number of rotatable bonds is 5. The number of carbonyl (C=O) groups is 1. The summed E-state index contributed by atoms with van der Waals surface area (Å²) in [5, 5.41) is 9.19. The number of hydrogen-bond acceptors (Lipinski definition) is 5. The molecule has 0 bridgehead atoms. The number of aliphatic hydroxyl groups excluding tert-OH is 1. The fourth-order valence-electron chi connectivity index (χ4n) is 1.34. The molecule has 1 aromatic rings. The maximum absolute atomic E-state index is 11.9. The topological polar surface area (TPSA) is 72.8 Å². The zero-order valence-corrected chi connectivity index (χ0v) is 10.7. The van der Waals surface area contributed by atoms with Gasteiger partial charge >= 0.3 is 13.3 Å². The molecule has 0 saturated carbocycles. The van der Waals surface area contributed by atoms with Crippen molar-refractivity contribution in [1.29, 1.82) is 0 Å². The summed E-state index contributed by atoms with van der Waals surface area (Å²) in [5.74, 6) is -0.649. The highest BCUT2D eigenvalue weighted by molar-refractivity contribution is 7.65. The molecule has 1 aromatic carbocycles. The molecule has 0 fully saturated rings. The van der Waals surface area contributed by atoms with E-state index in [1.807, 2.05) is 0 Å². The van der Waals surface area contributed by atoms with E-state index in [1.54, 1.807) is 18.2 Å². The van der Waals surface area contributed by atoms with Crippen molar-refractivity contribution < 1.29 is 23.9 Å². The van der Waals surface area contributed by atoms with Crippen LogP contribution in [-0.4, -0.2) is 30.7 Å². The van der Waals surface area contributed by atoms with Crippen LogP contribution in [0.1, 0.15) is 17.3 Å². The number of hydrogen-bond donors (Lipinski definition) is 1. The van der Waals surface area contributed by atoms with Crippen LogP contribution in [0.15, 0.2) is 18.2 Å². The summed E-state index contributed by atoms with van der Waals surface area (Å²) in [5.41, 5.74) is -0.580. The molecule has 0 aliphatic carbocycles. The number of methoxy groups -OCH3 is 2. The maximum Gasteiger partial charge on any atom is 0.451 e. The minimum absolute atomic E-state index is 0.0968. The smallest absolute Gasteiger partial charge is 0.451 e. The Bertz CT molecular complexity index is 419. The van der Waals surface area contributed by atoms with Crippen molar-refractivity contribution in [3.8, 4) is 11.5 Å². The predicted molar refractivity (Wildman–Crippen MR) is 63.2 cm³/mol. The first kappa shape index (κ1) is 13.6. The molecular formula is C11H14O5P+. The van der Waals surface area contributed by atoms with Gasteiger partial charge in [-0.05, 0) is 12.1 Å². The standard InChI is InChI=1S/C11H14O5P/c1-7(12)17(14)11(13)10-8(15-2)5-4-6-9(10)16-3/h4-7,12H,1-3H3/q+1. The average molecular weight is 257 g/mol. The van der Waals surface area contributed by atoms with Crippen molar-refractivity contribution in [3.63, 3.8) is 0 Å². The van der Waals surface area contributed by atoms with E-state index in [0.717, 1.165) is 0 Å². The van der Waals surface area contributed by atoms with Gasteiger partial charge in [0.1, 0.15) is 11.5 Å². The van der Waals surface area contributed by atoms with Crippen LogP contribution in [-0.2, 0) is 4.57 Å². The highest BCUT2D eigenvalue weighted by Gasteiger charge is 2.39. The van der Waals surface area contributed by atoms with E-state index in [4.69, 9.17) is 9.47 Å². The third kappa shape index (κ3) is 2.81. The Kier molecular flexibility index (Phi) is 4.61. The molecule has 2 unspecified atom stereocenters. The second-order valence-electron chi connectivity index (χ2n) is 3.30. The Morgan fingerprint density at radius 1 is 1.29 bits per heavy atom. The molecule has 1 rings (SSSR count). The first-order valence-electron chi connectivity index (χ1n) is 4.92. The van der Waals surface area contributed by atoms with Gasteiger partial charge in [0.15, 0.2) is 5.56 Å². The number of benzene rings is 1.